The Morgan fingerprint density at radius 2 is 1.52 bits per heavy atom. The molecular formula is C40H57N7O7. The summed E-state index contributed by atoms with van der Waals surface area (Å²) in [5.74, 6) is 3.35. The van der Waals surface area contributed by atoms with E-state index in [2.05, 4.69) is 16.7 Å². The number of amides is 1. The average Bonchev–Trinajstić information content (AvgIpc) is 3.56. The summed E-state index contributed by atoms with van der Waals surface area (Å²) in [5.41, 5.74) is 3.03. The molecule has 14 heteroatoms. The highest BCUT2D eigenvalue weighted by Crippen LogP contribution is 2.33. The molecule has 1 atom stereocenters. The fourth-order valence-corrected chi connectivity index (χ4v) is 6.40. The van der Waals surface area contributed by atoms with Gasteiger partial charge in [0.05, 0.1) is 46.4 Å². The summed E-state index contributed by atoms with van der Waals surface area (Å²) >= 11 is 0. The van der Waals surface area contributed by atoms with Gasteiger partial charge in [0, 0.05) is 68.6 Å². The molecule has 1 unspecified atom stereocenters. The van der Waals surface area contributed by atoms with E-state index in [1.54, 1.807) is 40.4 Å². The molecule has 0 aliphatic carbocycles. The second-order valence-electron chi connectivity index (χ2n) is 14.7. The number of nitrogens with zero attached hydrogens (tertiary/aromatic N) is 7. The van der Waals surface area contributed by atoms with Crippen LogP contribution in [0.25, 0.3) is 5.65 Å². The minimum atomic E-state index is -0.310. The molecule has 0 saturated carbocycles. The normalized spacial score (nSPS) is 14.4. The zero-order chi connectivity index (χ0) is 39.0. The van der Waals surface area contributed by atoms with Gasteiger partial charge in [0.25, 0.3) is 0 Å². The van der Waals surface area contributed by atoms with E-state index in [1.165, 1.54) is 0 Å². The molecule has 1 aliphatic heterocycles. The van der Waals surface area contributed by atoms with Crippen molar-refractivity contribution in [2.24, 2.45) is 0 Å². The number of benzene rings is 2. The van der Waals surface area contributed by atoms with Crippen molar-refractivity contribution in [3.05, 3.63) is 59.4 Å². The van der Waals surface area contributed by atoms with Gasteiger partial charge in [-0.25, -0.2) is 14.3 Å². The summed E-state index contributed by atoms with van der Waals surface area (Å²) in [7, 11) is 8.35. The molecule has 0 radical (unpaired) electrons. The molecule has 1 fully saturated rings. The zero-order valence-corrected chi connectivity index (χ0v) is 33.5. The van der Waals surface area contributed by atoms with Crippen LogP contribution < -0.4 is 28.6 Å². The summed E-state index contributed by atoms with van der Waals surface area (Å²) in [6, 6.07) is 11.8. The number of likely N-dealkylation sites (tertiary alicyclic amines) is 1. The van der Waals surface area contributed by atoms with E-state index in [9.17, 15) is 4.79 Å². The van der Waals surface area contributed by atoms with Crippen LogP contribution in [0.5, 0.6) is 29.0 Å². The smallest absolute Gasteiger partial charge is 0.410 e. The van der Waals surface area contributed by atoms with Crippen LogP contribution in [0.2, 0.25) is 0 Å². The summed E-state index contributed by atoms with van der Waals surface area (Å²) in [6.45, 7) is 13.1. The van der Waals surface area contributed by atoms with Crippen LogP contribution in [0.15, 0.2) is 42.6 Å². The maximum absolute atomic E-state index is 12.8. The number of hydrogen-bond acceptors (Lipinski definition) is 12. The highest BCUT2D eigenvalue weighted by Gasteiger charge is 2.29. The van der Waals surface area contributed by atoms with Gasteiger partial charge in [-0.15, -0.1) is 5.10 Å². The molecule has 2 aromatic carbocycles. The fraction of sp³-hybridized carbons (Fsp3) is 0.550. The van der Waals surface area contributed by atoms with Crippen LogP contribution >= 0.6 is 0 Å². The standard InChI is InChI=1S/C40H57N7O7/c1-11-12-27(2)53-38-42-37(36-41-23-30(47(36)43-38)26-45-19-17-31(18-20-45)54-39(48)44(6)40(3,4)5)46(24-28-13-15-32(49-7)21-34(28)51-9)25-29-14-16-33(50-8)22-35(29)52-10/h13-16,21-23,27,31H,11-12,17-20,24-26H2,1-10H3. The Balaban J connectivity index is 1.50. The average molecular weight is 748 g/mol. The predicted molar refractivity (Wildman–Crippen MR) is 207 cm³/mol. The van der Waals surface area contributed by atoms with Crippen LogP contribution in [0.3, 0.4) is 0 Å². The van der Waals surface area contributed by atoms with Crippen molar-refractivity contribution in [2.45, 2.75) is 97.7 Å². The Labute approximate surface area is 319 Å². The molecule has 4 aromatic rings. The number of anilines is 1. The van der Waals surface area contributed by atoms with Gasteiger partial charge in [-0.05, 0) is 71.2 Å². The first-order valence-corrected chi connectivity index (χ1v) is 18.6. The molecule has 0 N–H and O–H groups in total. The zero-order valence-electron chi connectivity index (χ0n) is 33.5. The minimum Gasteiger partial charge on any atom is -0.497 e. The first kappa shape index (κ1) is 40.2. The van der Waals surface area contributed by atoms with Gasteiger partial charge < -0.3 is 38.2 Å². The van der Waals surface area contributed by atoms with Crippen molar-refractivity contribution in [1.82, 2.24) is 29.4 Å². The number of hydrogen-bond donors (Lipinski definition) is 0. The van der Waals surface area contributed by atoms with Gasteiger partial charge >= 0.3 is 12.1 Å². The topological polar surface area (TPSA) is 125 Å². The molecule has 1 amide bonds. The Morgan fingerprint density at radius 1 is 0.926 bits per heavy atom. The second kappa shape index (κ2) is 17.9. The van der Waals surface area contributed by atoms with E-state index in [-0.39, 0.29) is 29.9 Å². The molecule has 1 aliphatic rings. The lowest BCUT2D eigenvalue weighted by Gasteiger charge is -2.35. The Kier molecular flexibility index (Phi) is 13.3. The third-order valence-corrected chi connectivity index (χ3v) is 9.88. The van der Waals surface area contributed by atoms with Crippen LogP contribution in [0.1, 0.15) is 77.1 Å². The Bertz CT molecular complexity index is 1790. The summed E-state index contributed by atoms with van der Waals surface area (Å²) in [6.07, 6.45) is 4.64. The van der Waals surface area contributed by atoms with Gasteiger partial charge in [-0.3, -0.25) is 4.90 Å². The fourth-order valence-electron chi connectivity index (χ4n) is 6.40. The van der Waals surface area contributed by atoms with Crippen molar-refractivity contribution in [3.63, 3.8) is 0 Å². The number of carbonyl (C=O) groups is 1. The number of imidazole rings is 1. The minimum absolute atomic E-state index is 0.0943. The molecule has 14 nitrogen and oxygen atoms in total. The molecular weight excluding hydrogens is 690 g/mol. The van der Waals surface area contributed by atoms with Crippen LogP contribution in [0, 0.1) is 0 Å². The molecule has 0 bridgehead atoms. The highest BCUT2D eigenvalue weighted by molar-refractivity contribution is 5.68. The van der Waals surface area contributed by atoms with Crippen molar-refractivity contribution in [1.29, 1.82) is 0 Å². The van der Waals surface area contributed by atoms with Crippen LogP contribution in [-0.2, 0) is 24.4 Å². The summed E-state index contributed by atoms with van der Waals surface area (Å²) in [4.78, 5) is 28.8. The third-order valence-electron chi connectivity index (χ3n) is 9.88. The lowest BCUT2D eigenvalue weighted by Crippen LogP contribution is -2.45. The second-order valence-corrected chi connectivity index (χ2v) is 14.7. The maximum atomic E-state index is 12.8. The van der Waals surface area contributed by atoms with Gasteiger partial charge in [0.1, 0.15) is 29.1 Å². The monoisotopic (exact) mass is 747 g/mol. The summed E-state index contributed by atoms with van der Waals surface area (Å²) < 4.78 is 36.7. The van der Waals surface area contributed by atoms with E-state index in [0.29, 0.717) is 54.1 Å². The molecule has 1 saturated heterocycles. The van der Waals surface area contributed by atoms with Crippen molar-refractivity contribution in [3.8, 4) is 29.0 Å². The van der Waals surface area contributed by atoms with Crippen molar-refractivity contribution in [2.75, 3.05) is 53.5 Å². The molecule has 54 heavy (non-hydrogen) atoms. The van der Waals surface area contributed by atoms with Gasteiger partial charge in [-0.2, -0.15) is 4.98 Å². The van der Waals surface area contributed by atoms with E-state index in [0.717, 1.165) is 55.6 Å². The first-order valence-electron chi connectivity index (χ1n) is 18.6. The molecule has 3 heterocycles. The Hall–Kier alpha value is -4.98. The number of fused-ring (bicyclic) bond motifs is 1. The molecule has 5 rings (SSSR count). The summed E-state index contributed by atoms with van der Waals surface area (Å²) in [5, 5.41) is 4.90. The number of ether oxygens (including phenoxy) is 6. The lowest BCUT2D eigenvalue weighted by atomic mass is 10.1. The SMILES string of the molecule is CCCC(C)Oc1nc(N(Cc2ccc(OC)cc2OC)Cc2ccc(OC)cc2OC)c2ncc(CN3CCC(OC(=O)N(C)C(C)(C)C)CC3)n2n1. The molecule has 0 spiro atoms. The number of carbonyl (C=O) groups excluding carboxylic acids is 1. The van der Waals surface area contributed by atoms with Crippen LogP contribution in [-0.4, -0.2) is 102 Å². The third kappa shape index (κ3) is 9.76. The Morgan fingerprint density at radius 3 is 2.04 bits per heavy atom. The lowest BCUT2D eigenvalue weighted by molar-refractivity contribution is 0.0172. The van der Waals surface area contributed by atoms with Crippen molar-refractivity contribution < 1.29 is 33.2 Å². The number of methoxy groups -OCH3 is 4. The molecule has 2 aromatic heterocycles. The van der Waals surface area contributed by atoms with E-state index in [4.69, 9.17) is 43.5 Å². The van der Waals surface area contributed by atoms with Gasteiger partial charge in [0.2, 0.25) is 0 Å². The largest absolute Gasteiger partial charge is 0.497 e. The van der Waals surface area contributed by atoms with Crippen LogP contribution in [0.4, 0.5) is 10.6 Å². The van der Waals surface area contributed by atoms with Gasteiger partial charge in [-0.1, -0.05) is 13.3 Å². The first-order chi connectivity index (χ1) is 25.9. The predicted octanol–water partition coefficient (Wildman–Crippen LogP) is 6.76. The van der Waals surface area contributed by atoms with Crippen molar-refractivity contribution >= 4 is 17.6 Å². The van der Waals surface area contributed by atoms with E-state index < -0.39 is 0 Å². The van der Waals surface area contributed by atoms with E-state index >= 15 is 0 Å². The van der Waals surface area contributed by atoms with Gasteiger partial charge in [0.15, 0.2) is 11.5 Å². The molecule has 294 valence electrons. The van der Waals surface area contributed by atoms with E-state index in [1.807, 2.05) is 74.8 Å². The quantitative estimate of drug-likeness (QED) is 0.120. The maximum Gasteiger partial charge on any atom is 0.410 e. The number of piperidine rings is 1. The highest BCUT2D eigenvalue weighted by atomic mass is 16.6. The number of aromatic nitrogens is 4. The number of rotatable bonds is 16.